The Hall–Kier alpha value is -0.120. The number of hydrogen-bond donors (Lipinski definition) is 0. The van der Waals surface area contributed by atoms with Crippen molar-refractivity contribution in [3.8, 4) is 0 Å². The van der Waals surface area contributed by atoms with E-state index in [2.05, 4.69) is 6.92 Å². The molecule has 0 N–H and O–H groups in total. The molecule has 1 aliphatic rings. The summed E-state index contributed by atoms with van der Waals surface area (Å²) in [5.41, 5.74) is 0. The summed E-state index contributed by atoms with van der Waals surface area (Å²) < 4.78 is 15.8. The standard InChI is InChI=1S/C10H20O3/c1-3-9(5-4-6-11-2)12-7-10-8-13-10/h9-10H,3-8H2,1-2H3. The summed E-state index contributed by atoms with van der Waals surface area (Å²) in [4.78, 5) is 0. The molecule has 1 heterocycles. The van der Waals surface area contributed by atoms with Gasteiger partial charge in [0.1, 0.15) is 6.10 Å². The van der Waals surface area contributed by atoms with Crippen molar-refractivity contribution in [3.63, 3.8) is 0 Å². The van der Waals surface area contributed by atoms with Crippen LogP contribution in [0.1, 0.15) is 26.2 Å². The van der Waals surface area contributed by atoms with Gasteiger partial charge in [0.2, 0.25) is 0 Å². The molecule has 3 heteroatoms. The number of ether oxygens (including phenoxy) is 3. The van der Waals surface area contributed by atoms with E-state index < -0.39 is 0 Å². The molecule has 1 rings (SSSR count). The van der Waals surface area contributed by atoms with Crippen molar-refractivity contribution >= 4 is 0 Å². The lowest BCUT2D eigenvalue weighted by molar-refractivity contribution is 0.0293. The van der Waals surface area contributed by atoms with Crippen LogP contribution < -0.4 is 0 Å². The van der Waals surface area contributed by atoms with Gasteiger partial charge in [0.15, 0.2) is 0 Å². The highest BCUT2D eigenvalue weighted by atomic mass is 16.6. The zero-order valence-corrected chi connectivity index (χ0v) is 8.62. The number of epoxide rings is 1. The molecule has 0 aliphatic carbocycles. The number of hydrogen-bond acceptors (Lipinski definition) is 3. The van der Waals surface area contributed by atoms with Gasteiger partial charge >= 0.3 is 0 Å². The van der Waals surface area contributed by atoms with Gasteiger partial charge in [-0.05, 0) is 19.3 Å². The fraction of sp³-hybridized carbons (Fsp3) is 1.00. The first kappa shape index (κ1) is 11.0. The Morgan fingerprint density at radius 3 is 2.85 bits per heavy atom. The van der Waals surface area contributed by atoms with E-state index in [1.54, 1.807) is 7.11 Å². The third kappa shape index (κ3) is 5.24. The molecule has 1 aliphatic heterocycles. The monoisotopic (exact) mass is 188 g/mol. The number of rotatable bonds is 8. The fourth-order valence-corrected chi connectivity index (χ4v) is 1.27. The van der Waals surface area contributed by atoms with Crippen molar-refractivity contribution in [2.75, 3.05) is 26.9 Å². The van der Waals surface area contributed by atoms with Gasteiger partial charge < -0.3 is 14.2 Å². The Labute approximate surface area is 80.4 Å². The second kappa shape index (κ2) is 6.35. The van der Waals surface area contributed by atoms with E-state index >= 15 is 0 Å². The average molecular weight is 188 g/mol. The van der Waals surface area contributed by atoms with E-state index in [0.29, 0.717) is 12.2 Å². The fourth-order valence-electron chi connectivity index (χ4n) is 1.27. The molecule has 78 valence electrons. The van der Waals surface area contributed by atoms with E-state index in [9.17, 15) is 0 Å². The Bertz CT molecular complexity index is 123. The van der Waals surface area contributed by atoms with Crippen molar-refractivity contribution in [2.24, 2.45) is 0 Å². The molecular weight excluding hydrogens is 168 g/mol. The molecule has 13 heavy (non-hydrogen) atoms. The lowest BCUT2D eigenvalue weighted by atomic mass is 10.1. The molecule has 0 amide bonds. The molecule has 0 aromatic carbocycles. The minimum atomic E-state index is 0.386. The van der Waals surface area contributed by atoms with Crippen LogP contribution in [0.2, 0.25) is 0 Å². The summed E-state index contributed by atoms with van der Waals surface area (Å²) in [6.07, 6.45) is 4.03. The molecular formula is C10H20O3. The van der Waals surface area contributed by atoms with Gasteiger partial charge in [-0.1, -0.05) is 6.92 Å². The zero-order valence-electron chi connectivity index (χ0n) is 8.62. The smallest absolute Gasteiger partial charge is 0.104 e. The highest BCUT2D eigenvalue weighted by Gasteiger charge is 2.23. The van der Waals surface area contributed by atoms with E-state index in [4.69, 9.17) is 14.2 Å². The van der Waals surface area contributed by atoms with Gasteiger partial charge in [-0.3, -0.25) is 0 Å². The van der Waals surface area contributed by atoms with E-state index in [-0.39, 0.29) is 0 Å². The molecule has 0 saturated carbocycles. The molecule has 2 atom stereocenters. The topological polar surface area (TPSA) is 31.0 Å². The second-order valence-corrected chi connectivity index (χ2v) is 3.45. The maximum Gasteiger partial charge on any atom is 0.104 e. The summed E-state index contributed by atoms with van der Waals surface area (Å²) in [6, 6.07) is 0. The maximum absolute atomic E-state index is 5.68. The normalized spacial score (nSPS) is 23.1. The lowest BCUT2D eigenvalue weighted by Crippen LogP contribution is -2.15. The van der Waals surface area contributed by atoms with Crippen LogP contribution in [-0.2, 0) is 14.2 Å². The highest BCUT2D eigenvalue weighted by molar-refractivity contribution is 4.68. The predicted octanol–water partition coefficient (Wildman–Crippen LogP) is 1.61. The highest BCUT2D eigenvalue weighted by Crippen LogP contribution is 2.13. The third-order valence-corrected chi connectivity index (χ3v) is 2.25. The molecule has 3 nitrogen and oxygen atoms in total. The molecule has 1 fully saturated rings. The zero-order chi connectivity index (χ0) is 9.52. The van der Waals surface area contributed by atoms with Crippen molar-refractivity contribution in [3.05, 3.63) is 0 Å². The van der Waals surface area contributed by atoms with Crippen molar-refractivity contribution in [2.45, 2.75) is 38.4 Å². The van der Waals surface area contributed by atoms with Gasteiger partial charge in [-0.2, -0.15) is 0 Å². The van der Waals surface area contributed by atoms with Crippen molar-refractivity contribution in [1.82, 2.24) is 0 Å². The lowest BCUT2D eigenvalue weighted by Gasteiger charge is -2.14. The van der Waals surface area contributed by atoms with Crippen molar-refractivity contribution in [1.29, 1.82) is 0 Å². The summed E-state index contributed by atoms with van der Waals surface area (Å²) in [5.74, 6) is 0. The molecule has 0 aromatic heterocycles. The summed E-state index contributed by atoms with van der Waals surface area (Å²) in [6.45, 7) is 4.64. The first-order valence-corrected chi connectivity index (χ1v) is 5.09. The van der Waals surface area contributed by atoms with E-state index in [1.165, 1.54) is 0 Å². The molecule has 2 unspecified atom stereocenters. The first-order chi connectivity index (χ1) is 6.36. The van der Waals surface area contributed by atoms with E-state index in [1.807, 2.05) is 0 Å². The van der Waals surface area contributed by atoms with Crippen LogP contribution in [0.15, 0.2) is 0 Å². The maximum atomic E-state index is 5.68. The van der Waals surface area contributed by atoms with Crippen LogP contribution in [0.5, 0.6) is 0 Å². The van der Waals surface area contributed by atoms with Gasteiger partial charge in [0.05, 0.1) is 19.3 Å². The quantitative estimate of drug-likeness (QED) is 0.428. The Morgan fingerprint density at radius 2 is 2.31 bits per heavy atom. The summed E-state index contributed by atoms with van der Waals surface area (Å²) >= 11 is 0. The van der Waals surface area contributed by atoms with Crippen LogP contribution >= 0.6 is 0 Å². The van der Waals surface area contributed by atoms with Crippen LogP contribution in [0, 0.1) is 0 Å². The summed E-state index contributed by atoms with van der Waals surface area (Å²) in [5, 5.41) is 0. The Balaban J connectivity index is 1.95. The van der Waals surface area contributed by atoms with E-state index in [0.717, 1.165) is 39.1 Å². The average Bonchev–Trinajstić information content (AvgIpc) is 2.94. The molecule has 0 radical (unpaired) electrons. The molecule has 0 aromatic rings. The van der Waals surface area contributed by atoms with Gasteiger partial charge in [0.25, 0.3) is 0 Å². The minimum absolute atomic E-state index is 0.386. The van der Waals surface area contributed by atoms with Crippen LogP contribution in [-0.4, -0.2) is 39.1 Å². The largest absolute Gasteiger partial charge is 0.385 e. The third-order valence-electron chi connectivity index (χ3n) is 2.25. The predicted molar refractivity (Wildman–Crippen MR) is 50.9 cm³/mol. The van der Waals surface area contributed by atoms with Gasteiger partial charge in [-0.15, -0.1) is 0 Å². The molecule has 1 saturated heterocycles. The molecule has 0 spiro atoms. The van der Waals surface area contributed by atoms with Gasteiger partial charge in [0, 0.05) is 13.7 Å². The van der Waals surface area contributed by atoms with Crippen molar-refractivity contribution < 1.29 is 14.2 Å². The van der Waals surface area contributed by atoms with Crippen LogP contribution in [0.25, 0.3) is 0 Å². The molecule has 0 bridgehead atoms. The Morgan fingerprint density at radius 1 is 1.54 bits per heavy atom. The van der Waals surface area contributed by atoms with Crippen LogP contribution in [0.4, 0.5) is 0 Å². The Kier molecular flexibility index (Phi) is 5.35. The first-order valence-electron chi connectivity index (χ1n) is 5.09. The number of methoxy groups -OCH3 is 1. The minimum Gasteiger partial charge on any atom is -0.385 e. The second-order valence-electron chi connectivity index (χ2n) is 3.45. The van der Waals surface area contributed by atoms with Crippen LogP contribution in [0.3, 0.4) is 0 Å². The summed E-state index contributed by atoms with van der Waals surface area (Å²) in [7, 11) is 1.74. The van der Waals surface area contributed by atoms with Gasteiger partial charge in [-0.25, -0.2) is 0 Å². The SMILES string of the molecule is CCC(CCCOC)OCC1CO1.